The fraction of sp³-hybridized carbons (Fsp3) is 0. The van der Waals surface area contributed by atoms with E-state index >= 15 is 0 Å². The summed E-state index contributed by atoms with van der Waals surface area (Å²) in [6, 6.07) is 0. The van der Waals surface area contributed by atoms with Crippen molar-refractivity contribution in [2.24, 2.45) is 5.73 Å². The quantitative estimate of drug-likeness (QED) is 0.348. The van der Waals surface area contributed by atoms with Gasteiger partial charge >= 0.3 is 20.8 Å². The summed E-state index contributed by atoms with van der Waals surface area (Å²) in [4.78, 5) is 8.58. The lowest BCUT2D eigenvalue weighted by Gasteiger charge is -1.89. The van der Waals surface area contributed by atoms with Gasteiger partial charge in [-0.15, -0.1) is 3.63 Å². The van der Waals surface area contributed by atoms with Crippen LogP contribution in [0.15, 0.2) is 0 Å². The third kappa shape index (κ3) is 22.8. The van der Waals surface area contributed by atoms with Crippen molar-refractivity contribution < 1.29 is 34.4 Å². The van der Waals surface area contributed by atoms with Crippen LogP contribution in [-0.2, 0) is 29.2 Å². The Kier molecular flexibility index (Phi) is 5.75. The summed E-state index contributed by atoms with van der Waals surface area (Å²) in [5.41, 5.74) is 4.17. The van der Waals surface area contributed by atoms with E-state index in [9.17, 15) is 16.8 Å². The van der Waals surface area contributed by atoms with Gasteiger partial charge in [-0.05, 0) is 0 Å². The molecule has 0 rings (SSSR count). The van der Waals surface area contributed by atoms with Gasteiger partial charge < -0.3 is 5.73 Å². The van der Waals surface area contributed by atoms with Gasteiger partial charge in [0.1, 0.15) is 0 Å². The zero-order chi connectivity index (χ0) is 10.4. The van der Waals surface area contributed by atoms with E-state index in [1.165, 1.54) is 0 Å². The molecule has 0 heterocycles. The van der Waals surface area contributed by atoms with Gasteiger partial charge in [-0.3, -0.25) is 13.9 Å². The molecule has 11 heteroatoms. The van der Waals surface area contributed by atoms with E-state index in [4.69, 9.17) is 13.9 Å². The molecule has 1 amide bonds. The second-order valence-corrected chi connectivity index (χ2v) is 3.31. The Hall–Kier alpha value is -0.750. The van der Waals surface area contributed by atoms with E-state index < -0.39 is 20.8 Å². The highest BCUT2D eigenvalue weighted by atomic mass is 32.3. The molecule has 4 N–H and O–H groups in total. The van der Waals surface area contributed by atoms with Crippen LogP contribution >= 0.6 is 0 Å². The maximum atomic E-state index is 9.44. The van der Waals surface area contributed by atoms with Crippen LogP contribution in [0.4, 0.5) is 0 Å². The molecule has 0 aromatic rings. The van der Waals surface area contributed by atoms with Crippen LogP contribution < -0.4 is 5.73 Å². The normalized spacial score (nSPS) is 11.2. The van der Waals surface area contributed by atoms with E-state index in [1.54, 1.807) is 0 Å². The van der Waals surface area contributed by atoms with E-state index in [2.05, 4.69) is 9.36 Å². The lowest BCUT2D eigenvalue weighted by Crippen LogP contribution is -2.10. The van der Waals surface area contributed by atoms with Crippen LogP contribution in [-0.4, -0.2) is 32.4 Å². The zero-order valence-electron chi connectivity index (χ0n) is 5.32. The van der Waals surface area contributed by atoms with E-state index in [0.717, 1.165) is 0 Å². The molecular formula is CH5NO8S2. The van der Waals surface area contributed by atoms with Gasteiger partial charge in [-0.1, -0.05) is 0 Å². The molecular weight excluding hydrogens is 218 g/mol. The van der Waals surface area contributed by atoms with Crippen molar-refractivity contribution in [3.8, 4) is 0 Å². The first-order valence-electron chi connectivity index (χ1n) is 1.93. The number of primary amides is 1. The van der Waals surface area contributed by atoms with Crippen molar-refractivity contribution >= 4 is 27.2 Å². The first-order chi connectivity index (χ1) is 5.12. The summed E-state index contributed by atoms with van der Waals surface area (Å²) in [6.07, 6.45) is 0.250. The van der Waals surface area contributed by atoms with E-state index in [1.807, 2.05) is 0 Å². The molecule has 0 aromatic heterocycles. The summed E-state index contributed by atoms with van der Waals surface area (Å²) < 4.78 is 55.6. The second kappa shape index (κ2) is 5.00. The fourth-order valence-corrected chi connectivity index (χ4v) is 0.978. The lowest BCUT2D eigenvalue weighted by atomic mass is 11.5. The standard InChI is InChI=1S/CH3NO.H2O7S2/c2-1-3;1-8(2,3)7-9(4,5)6/h1H,(H2,2,3);(H,1,2,3)(H,4,5,6). The van der Waals surface area contributed by atoms with Crippen molar-refractivity contribution in [1.29, 1.82) is 0 Å². The first-order valence-corrected chi connectivity index (χ1v) is 4.66. The van der Waals surface area contributed by atoms with Crippen molar-refractivity contribution in [2.75, 3.05) is 0 Å². The van der Waals surface area contributed by atoms with Crippen molar-refractivity contribution in [2.45, 2.75) is 0 Å². The Morgan fingerprint density at radius 3 is 1.25 bits per heavy atom. The molecule has 0 radical (unpaired) electrons. The van der Waals surface area contributed by atoms with Gasteiger partial charge in [0.15, 0.2) is 0 Å². The molecule has 0 unspecified atom stereocenters. The minimum atomic E-state index is -5.12. The van der Waals surface area contributed by atoms with Crippen LogP contribution in [0.2, 0.25) is 0 Å². The molecule has 0 aromatic carbocycles. The van der Waals surface area contributed by atoms with Crippen LogP contribution in [0.1, 0.15) is 0 Å². The molecule has 0 aliphatic rings. The first kappa shape index (κ1) is 13.8. The molecule has 12 heavy (non-hydrogen) atoms. The fourth-order valence-electron chi connectivity index (χ4n) is 0.109. The Balaban J connectivity index is 0. The van der Waals surface area contributed by atoms with Gasteiger partial charge in [-0.25, -0.2) is 0 Å². The predicted molar refractivity (Wildman–Crippen MR) is 34.4 cm³/mol. The number of carbonyl (C=O) groups excluding carboxylic acids is 1. The van der Waals surface area contributed by atoms with Crippen LogP contribution in [0.5, 0.6) is 0 Å². The third-order valence-electron chi connectivity index (χ3n) is 0.172. The highest BCUT2D eigenvalue weighted by Gasteiger charge is 2.15. The number of hydrogen-bond acceptors (Lipinski definition) is 6. The summed E-state index contributed by atoms with van der Waals surface area (Å²) >= 11 is 0. The molecule has 9 nitrogen and oxygen atoms in total. The highest BCUT2D eigenvalue weighted by molar-refractivity contribution is 7.94. The average Bonchev–Trinajstić information content (AvgIpc) is 1.53. The number of rotatable bonds is 2. The number of carbonyl (C=O) groups is 1. The molecule has 0 fully saturated rings. The van der Waals surface area contributed by atoms with Gasteiger partial charge in [0.05, 0.1) is 0 Å². The SMILES string of the molecule is NC=O.O=S(=O)(O)OS(=O)(=O)O. The molecule has 0 bridgehead atoms. The van der Waals surface area contributed by atoms with Gasteiger partial charge in [0.2, 0.25) is 6.41 Å². The lowest BCUT2D eigenvalue weighted by molar-refractivity contribution is -0.106. The number of hydrogen-bond donors (Lipinski definition) is 3. The molecule has 0 atom stereocenters. The van der Waals surface area contributed by atoms with Gasteiger partial charge in [-0.2, -0.15) is 16.8 Å². The number of nitrogens with two attached hydrogens (primary N) is 1. The van der Waals surface area contributed by atoms with Crippen molar-refractivity contribution in [3.63, 3.8) is 0 Å². The molecule has 0 saturated heterocycles. The third-order valence-corrected chi connectivity index (χ3v) is 1.55. The van der Waals surface area contributed by atoms with Crippen molar-refractivity contribution in [1.82, 2.24) is 0 Å². The molecule has 0 aliphatic carbocycles. The summed E-state index contributed by atoms with van der Waals surface area (Å²) in [5, 5.41) is 0. The molecule has 0 saturated carbocycles. The van der Waals surface area contributed by atoms with Crippen LogP contribution in [0.25, 0.3) is 0 Å². The minimum absolute atomic E-state index is 0.250. The second-order valence-electron chi connectivity index (χ2n) is 1.06. The Labute approximate surface area is 68.0 Å². The predicted octanol–water partition coefficient (Wildman–Crippen LogP) is -2.29. The van der Waals surface area contributed by atoms with Crippen LogP contribution in [0, 0.1) is 0 Å². The molecule has 74 valence electrons. The summed E-state index contributed by atoms with van der Waals surface area (Å²) in [6.45, 7) is 0. The van der Waals surface area contributed by atoms with E-state index in [0.29, 0.717) is 0 Å². The zero-order valence-corrected chi connectivity index (χ0v) is 6.95. The summed E-state index contributed by atoms with van der Waals surface area (Å²) in [7, 11) is -10.2. The van der Waals surface area contributed by atoms with Crippen LogP contribution in [0.3, 0.4) is 0 Å². The van der Waals surface area contributed by atoms with Crippen molar-refractivity contribution in [3.05, 3.63) is 0 Å². The largest absolute Gasteiger partial charge is 0.413 e. The average molecular weight is 223 g/mol. The molecule has 0 spiro atoms. The highest BCUT2D eigenvalue weighted by Crippen LogP contribution is 1.91. The minimum Gasteiger partial charge on any atom is -0.372 e. The van der Waals surface area contributed by atoms with Gasteiger partial charge in [0.25, 0.3) is 0 Å². The Morgan fingerprint density at radius 2 is 1.25 bits per heavy atom. The Bertz CT molecular complexity index is 279. The Morgan fingerprint density at radius 1 is 1.08 bits per heavy atom. The maximum absolute atomic E-state index is 9.44. The van der Waals surface area contributed by atoms with Gasteiger partial charge in [0, 0.05) is 0 Å². The summed E-state index contributed by atoms with van der Waals surface area (Å²) in [5.74, 6) is 0. The topological polar surface area (TPSA) is 161 Å². The van der Waals surface area contributed by atoms with E-state index in [-0.39, 0.29) is 6.41 Å². The molecule has 0 aliphatic heterocycles. The number of amides is 1. The maximum Gasteiger partial charge on any atom is 0.413 e. The smallest absolute Gasteiger partial charge is 0.372 e. The monoisotopic (exact) mass is 223 g/mol.